The van der Waals surface area contributed by atoms with Gasteiger partial charge in [0.2, 0.25) is 5.91 Å². The minimum absolute atomic E-state index is 0.0178. The van der Waals surface area contributed by atoms with Crippen LogP contribution in [0.25, 0.3) is 0 Å². The van der Waals surface area contributed by atoms with Crippen LogP contribution in [-0.4, -0.2) is 46.3 Å². The molecule has 1 aliphatic rings. The monoisotopic (exact) mass is 452 g/mol. The Bertz CT molecular complexity index is 1090. The molecule has 11 heteroatoms. The number of methoxy groups -OCH3 is 2. The van der Waals surface area contributed by atoms with Crippen LogP contribution in [0.5, 0.6) is 5.75 Å². The number of aryl methyl sites for hydroxylation is 1. The normalized spacial score (nSPS) is 12.7. The third-order valence-electron chi connectivity index (χ3n) is 4.54. The number of hydrogen-bond donors (Lipinski definition) is 2. The van der Waals surface area contributed by atoms with E-state index in [9.17, 15) is 22.8 Å². The smallest absolute Gasteiger partial charge is 0.413 e. The number of hydrogen-bond acceptors (Lipinski definition) is 8. The fourth-order valence-corrected chi connectivity index (χ4v) is 5.58. The summed E-state index contributed by atoms with van der Waals surface area (Å²) in [5, 5.41) is 4.83. The van der Waals surface area contributed by atoms with Crippen LogP contribution in [0.3, 0.4) is 0 Å². The van der Waals surface area contributed by atoms with Crippen LogP contribution >= 0.6 is 11.3 Å². The number of thiophene rings is 1. The van der Waals surface area contributed by atoms with Gasteiger partial charge in [0, 0.05) is 4.88 Å². The number of rotatable bonds is 6. The summed E-state index contributed by atoms with van der Waals surface area (Å²) in [5.74, 6) is -1.78. The maximum Gasteiger partial charge on any atom is 0.413 e. The fourth-order valence-electron chi connectivity index (χ4n) is 3.14. The zero-order chi connectivity index (χ0) is 21.9. The van der Waals surface area contributed by atoms with E-state index in [1.54, 1.807) is 0 Å². The molecule has 0 spiro atoms. The highest BCUT2D eigenvalue weighted by Gasteiger charge is 2.29. The molecular weight excluding hydrogens is 432 g/mol. The number of sulfone groups is 1. The second-order valence-electron chi connectivity index (χ2n) is 6.49. The van der Waals surface area contributed by atoms with Crippen LogP contribution in [0, 0.1) is 0 Å². The van der Waals surface area contributed by atoms with Gasteiger partial charge in [-0.25, -0.2) is 13.2 Å². The molecule has 3 rings (SSSR count). The van der Waals surface area contributed by atoms with Crippen LogP contribution in [0.2, 0.25) is 0 Å². The SMILES string of the molecule is COC(=O)NC(=O)c1c(NC(=O)CS(=O)(=O)c2ccc(OC)cc2)sc2c1CCC2. The van der Waals surface area contributed by atoms with Crippen molar-refractivity contribution < 1.29 is 32.3 Å². The molecule has 0 unspecified atom stereocenters. The molecule has 2 N–H and O–H groups in total. The predicted octanol–water partition coefficient (Wildman–Crippen LogP) is 2.15. The first-order valence-electron chi connectivity index (χ1n) is 8.95. The molecule has 2 aromatic rings. The van der Waals surface area contributed by atoms with E-state index in [1.807, 2.05) is 0 Å². The van der Waals surface area contributed by atoms with Gasteiger partial charge in [0.15, 0.2) is 9.84 Å². The van der Waals surface area contributed by atoms with Crippen molar-refractivity contribution >= 4 is 44.1 Å². The van der Waals surface area contributed by atoms with Gasteiger partial charge < -0.3 is 14.8 Å². The number of amides is 3. The zero-order valence-corrected chi connectivity index (χ0v) is 17.9. The zero-order valence-electron chi connectivity index (χ0n) is 16.3. The fraction of sp³-hybridized carbons (Fsp3) is 0.316. The molecule has 30 heavy (non-hydrogen) atoms. The first-order chi connectivity index (χ1) is 14.2. The molecule has 0 fully saturated rings. The molecule has 0 saturated carbocycles. The molecule has 1 aromatic heterocycles. The average Bonchev–Trinajstić information content (AvgIpc) is 3.27. The molecular formula is C19H20N2O7S2. The highest BCUT2D eigenvalue weighted by molar-refractivity contribution is 7.92. The van der Waals surface area contributed by atoms with Crippen molar-refractivity contribution in [2.75, 3.05) is 25.3 Å². The summed E-state index contributed by atoms with van der Waals surface area (Å²) in [6.45, 7) is 0. The third-order valence-corrected chi connectivity index (χ3v) is 7.38. The summed E-state index contributed by atoms with van der Waals surface area (Å²) in [5.41, 5.74) is 0.933. The van der Waals surface area contributed by atoms with Crippen molar-refractivity contribution in [3.63, 3.8) is 0 Å². The van der Waals surface area contributed by atoms with E-state index in [0.717, 1.165) is 30.4 Å². The third kappa shape index (κ3) is 4.62. The van der Waals surface area contributed by atoms with E-state index >= 15 is 0 Å². The van der Waals surface area contributed by atoms with E-state index in [1.165, 1.54) is 42.7 Å². The van der Waals surface area contributed by atoms with Gasteiger partial charge in [-0.15, -0.1) is 11.3 Å². The Labute approximate surface area is 177 Å². The predicted molar refractivity (Wildman–Crippen MR) is 110 cm³/mol. The van der Waals surface area contributed by atoms with Gasteiger partial charge in [-0.2, -0.15) is 0 Å². The van der Waals surface area contributed by atoms with Crippen LogP contribution in [-0.2, 0) is 32.2 Å². The molecule has 0 atom stereocenters. The summed E-state index contributed by atoms with van der Waals surface area (Å²) in [6.07, 6.45) is 1.32. The van der Waals surface area contributed by atoms with Gasteiger partial charge in [-0.1, -0.05) is 0 Å². The van der Waals surface area contributed by atoms with Crippen molar-refractivity contribution in [2.24, 2.45) is 0 Å². The van der Waals surface area contributed by atoms with Gasteiger partial charge in [0.25, 0.3) is 5.91 Å². The number of imide groups is 1. The lowest BCUT2D eigenvalue weighted by Gasteiger charge is -2.09. The maximum absolute atomic E-state index is 12.5. The highest BCUT2D eigenvalue weighted by Crippen LogP contribution is 2.39. The number of carbonyl (C=O) groups excluding carboxylic acids is 3. The molecule has 160 valence electrons. The molecule has 1 heterocycles. The lowest BCUT2D eigenvalue weighted by Crippen LogP contribution is -2.31. The maximum atomic E-state index is 12.5. The van der Waals surface area contributed by atoms with Crippen LogP contribution in [0.4, 0.5) is 9.80 Å². The number of fused-ring (bicyclic) bond motifs is 1. The number of alkyl carbamates (subject to hydrolysis) is 1. The molecule has 0 aliphatic heterocycles. The minimum Gasteiger partial charge on any atom is -0.497 e. The van der Waals surface area contributed by atoms with Crippen LogP contribution in [0.15, 0.2) is 29.2 Å². The molecule has 0 saturated heterocycles. The molecule has 0 radical (unpaired) electrons. The first-order valence-corrected chi connectivity index (χ1v) is 11.4. The minimum atomic E-state index is -3.89. The summed E-state index contributed by atoms with van der Waals surface area (Å²) in [7, 11) is -1.30. The van der Waals surface area contributed by atoms with Gasteiger partial charge in [-0.05, 0) is 49.1 Å². The van der Waals surface area contributed by atoms with Crippen molar-refractivity contribution in [1.82, 2.24) is 5.32 Å². The first kappa shape index (κ1) is 21.8. The van der Waals surface area contributed by atoms with Gasteiger partial charge >= 0.3 is 6.09 Å². The summed E-state index contributed by atoms with van der Waals surface area (Å²) >= 11 is 1.21. The number of anilines is 1. The molecule has 1 aliphatic carbocycles. The highest BCUT2D eigenvalue weighted by atomic mass is 32.2. The van der Waals surface area contributed by atoms with Crippen LogP contribution in [0.1, 0.15) is 27.2 Å². The van der Waals surface area contributed by atoms with E-state index in [0.29, 0.717) is 12.2 Å². The topological polar surface area (TPSA) is 128 Å². The van der Waals surface area contributed by atoms with E-state index in [4.69, 9.17) is 4.74 Å². The second-order valence-corrected chi connectivity index (χ2v) is 9.58. The Kier molecular flexibility index (Phi) is 6.42. The van der Waals surface area contributed by atoms with Gasteiger partial charge in [-0.3, -0.25) is 14.9 Å². The average molecular weight is 453 g/mol. The largest absolute Gasteiger partial charge is 0.497 e. The number of nitrogens with one attached hydrogen (secondary N) is 2. The number of ether oxygens (including phenoxy) is 2. The number of benzene rings is 1. The Hall–Kier alpha value is -2.92. The molecule has 1 aromatic carbocycles. The number of carbonyl (C=O) groups is 3. The molecule has 3 amide bonds. The lowest BCUT2D eigenvalue weighted by molar-refractivity contribution is -0.113. The van der Waals surface area contributed by atoms with Crippen molar-refractivity contribution in [1.29, 1.82) is 0 Å². The van der Waals surface area contributed by atoms with Crippen molar-refractivity contribution in [3.05, 3.63) is 40.3 Å². The van der Waals surface area contributed by atoms with E-state index in [2.05, 4.69) is 15.4 Å². The molecule has 0 bridgehead atoms. The van der Waals surface area contributed by atoms with E-state index in [-0.39, 0.29) is 15.5 Å². The Morgan fingerprint density at radius 3 is 2.43 bits per heavy atom. The summed E-state index contributed by atoms with van der Waals surface area (Å²) in [6, 6.07) is 5.69. The quantitative estimate of drug-likeness (QED) is 0.687. The second kappa shape index (κ2) is 8.84. The summed E-state index contributed by atoms with van der Waals surface area (Å²) in [4.78, 5) is 37.3. The Morgan fingerprint density at radius 2 is 1.80 bits per heavy atom. The summed E-state index contributed by atoms with van der Waals surface area (Å²) < 4.78 is 34.5. The van der Waals surface area contributed by atoms with Gasteiger partial charge in [0.1, 0.15) is 16.5 Å². The molecule has 9 nitrogen and oxygen atoms in total. The van der Waals surface area contributed by atoms with Crippen molar-refractivity contribution in [2.45, 2.75) is 24.2 Å². The van der Waals surface area contributed by atoms with Crippen molar-refractivity contribution in [3.8, 4) is 5.75 Å². The van der Waals surface area contributed by atoms with Gasteiger partial charge in [0.05, 0.1) is 24.7 Å². The Balaban J connectivity index is 1.79. The Morgan fingerprint density at radius 1 is 1.10 bits per heavy atom. The lowest BCUT2D eigenvalue weighted by atomic mass is 10.1. The van der Waals surface area contributed by atoms with E-state index < -0.39 is 33.5 Å². The van der Waals surface area contributed by atoms with Crippen LogP contribution < -0.4 is 15.4 Å². The standard InChI is InChI=1S/C19H20N2O7S2/c1-27-11-6-8-12(9-7-11)30(25,26)10-15(22)20-18-16(17(23)21-19(24)28-2)13-4-3-5-14(13)29-18/h6-9H,3-5,10H2,1-2H3,(H,20,22)(H,21,23,24).